The van der Waals surface area contributed by atoms with Crippen LogP contribution in [0.2, 0.25) is 0 Å². The Bertz CT molecular complexity index is 576. The van der Waals surface area contributed by atoms with Gasteiger partial charge in [-0.2, -0.15) is 0 Å². The van der Waals surface area contributed by atoms with E-state index in [0.717, 1.165) is 35.7 Å². The normalized spacial score (nSPS) is 19.2. The van der Waals surface area contributed by atoms with Crippen molar-refractivity contribution in [3.8, 4) is 10.6 Å². The van der Waals surface area contributed by atoms with Gasteiger partial charge in [0.1, 0.15) is 0 Å². The SMILES string of the molecule is CC1CCCCN1C(=O)Cc1cc(-c2cccs2)on1. The summed E-state index contributed by atoms with van der Waals surface area (Å²) in [5.74, 6) is 0.901. The van der Waals surface area contributed by atoms with E-state index in [9.17, 15) is 4.79 Å². The summed E-state index contributed by atoms with van der Waals surface area (Å²) in [4.78, 5) is 15.3. The maximum Gasteiger partial charge on any atom is 0.228 e. The zero-order valence-corrected chi connectivity index (χ0v) is 12.4. The molecule has 1 aliphatic rings. The van der Waals surface area contributed by atoms with Crippen molar-refractivity contribution in [3.63, 3.8) is 0 Å². The van der Waals surface area contributed by atoms with Gasteiger partial charge in [-0.05, 0) is 37.6 Å². The molecule has 0 aliphatic carbocycles. The van der Waals surface area contributed by atoms with Gasteiger partial charge in [-0.25, -0.2) is 0 Å². The lowest BCUT2D eigenvalue weighted by molar-refractivity contribution is -0.133. The highest BCUT2D eigenvalue weighted by atomic mass is 32.1. The Morgan fingerprint density at radius 2 is 2.45 bits per heavy atom. The van der Waals surface area contributed by atoms with Gasteiger partial charge in [0.25, 0.3) is 0 Å². The Balaban J connectivity index is 1.67. The molecule has 4 nitrogen and oxygen atoms in total. The van der Waals surface area contributed by atoms with Crippen molar-refractivity contribution in [3.05, 3.63) is 29.3 Å². The Kier molecular flexibility index (Phi) is 3.87. The molecule has 106 valence electrons. The first-order valence-corrected chi connectivity index (χ1v) is 7.91. The lowest BCUT2D eigenvalue weighted by Gasteiger charge is -2.33. The lowest BCUT2D eigenvalue weighted by Crippen LogP contribution is -2.42. The van der Waals surface area contributed by atoms with Crippen LogP contribution in [0.25, 0.3) is 10.6 Å². The standard InChI is InChI=1S/C15H18N2O2S/c1-11-5-2-3-7-17(11)15(18)10-12-9-13(19-16-12)14-6-4-8-20-14/h4,6,8-9,11H,2-3,5,7,10H2,1H3. The fraction of sp³-hybridized carbons (Fsp3) is 0.467. The number of piperidine rings is 1. The number of carbonyl (C=O) groups excluding carboxylic acids is 1. The van der Waals surface area contributed by atoms with Crippen LogP contribution < -0.4 is 0 Å². The summed E-state index contributed by atoms with van der Waals surface area (Å²) in [6.07, 6.45) is 3.76. The molecule has 1 saturated heterocycles. The van der Waals surface area contributed by atoms with Crippen LogP contribution in [0.5, 0.6) is 0 Å². The number of amides is 1. The number of hydrogen-bond donors (Lipinski definition) is 0. The molecule has 0 N–H and O–H groups in total. The van der Waals surface area contributed by atoms with Crippen LogP contribution in [0.1, 0.15) is 31.9 Å². The zero-order chi connectivity index (χ0) is 13.9. The molecule has 1 aliphatic heterocycles. The summed E-state index contributed by atoms with van der Waals surface area (Å²) < 4.78 is 5.31. The minimum absolute atomic E-state index is 0.156. The van der Waals surface area contributed by atoms with Gasteiger partial charge in [0.05, 0.1) is 17.0 Å². The number of hydrogen-bond acceptors (Lipinski definition) is 4. The van der Waals surface area contributed by atoms with Crippen molar-refractivity contribution < 1.29 is 9.32 Å². The molecule has 0 radical (unpaired) electrons. The van der Waals surface area contributed by atoms with Crippen molar-refractivity contribution in [1.29, 1.82) is 0 Å². The molecule has 0 bridgehead atoms. The molecule has 1 unspecified atom stereocenters. The molecule has 0 spiro atoms. The minimum Gasteiger partial charge on any atom is -0.355 e. The molecule has 1 amide bonds. The Hall–Kier alpha value is -1.62. The third-order valence-corrected chi connectivity index (χ3v) is 4.66. The fourth-order valence-corrected chi connectivity index (χ4v) is 3.33. The van der Waals surface area contributed by atoms with E-state index < -0.39 is 0 Å². The molecule has 1 fully saturated rings. The highest BCUT2D eigenvalue weighted by molar-refractivity contribution is 7.13. The van der Waals surface area contributed by atoms with Crippen molar-refractivity contribution in [2.45, 2.75) is 38.6 Å². The Labute approximate surface area is 122 Å². The van der Waals surface area contributed by atoms with E-state index in [0.29, 0.717) is 12.5 Å². The summed E-state index contributed by atoms with van der Waals surface area (Å²) in [6.45, 7) is 2.99. The van der Waals surface area contributed by atoms with Gasteiger partial charge in [0.2, 0.25) is 5.91 Å². The molecular weight excluding hydrogens is 272 g/mol. The van der Waals surface area contributed by atoms with Crippen molar-refractivity contribution in [2.24, 2.45) is 0 Å². The molecule has 3 heterocycles. The Morgan fingerprint density at radius 3 is 3.20 bits per heavy atom. The van der Waals surface area contributed by atoms with Crippen LogP contribution in [0, 0.1) is 0 Å². The monoisotopic (exact) mass is 290 g/mol. The van der Waals surface area contributed by atoms with Gasteiger partial charge in [0.15, 0.2) is 5.76 Å². The van der Waals surface area contributed by atoms with Crippen LogP contribution in [0.4, 0.5) is 0 Å². The predicted octanol–water partition coefficient (Wildman–Crippen LogP) is 3.35. The van der Waals surface area contributed by atoms with Gasteiger partial charge in [-0.15, -0.1) is 11.3 Å². The molecule has 2 aromatic heterocycles. The largest absolute Gasteiger partial charge is 0.355 e. The number of aromatic nitrogens is 1. The van der Waals surface area contributed by atoms with Crippen LogP contribution in [0.3, 0.4) is 0 Å². The van der Waals surface area contributed by atoms with Crippen molar-refractivity contribution in [2.75, 3.05) is 6.54 Å². The quantitative estimate of drug-likeness (QED) is 0.871. The maximum atomic E-state index is 12.3. The average molecular weight is 290 g/mol. The highest BCUT2D eigenvalue weighted by Crippen LogP contribution is 2.25. The van der Waals surface area contributed by atoms with Gasteiger partial charge >= 0.3 is 0 Å². The third kappa shape index (κ3) is 2.77. The number of nitrogens with zero attached hydrogens (tertiary/aromatic N) is 2. The topological polar surface area (TPSA) is 46.3 Å². The van der Waals surface area contributed by atoms with E-state index in [1.165, 1.54) is 6.42 Å². The minimum atomic E-state index is 0.156. The van der Waals surface area contributed by atoms with E-state index in [4.69, 9.17) is 4.52 Å². The highest BCUT2D eigenvalue weighted by Gasteiger charge is 2.24. The molecule has 2 aromatic rings. The van der Waals surface area contributed by atoms with E-state index in [2.05, 4.69) is 12.1 Å². The molecule has 5 heteroatoms. The van der Waals surface area contributed by atoms with E-state index in [1.807, 2.05) is 28.5 Å². The van der Waals surface area contributed by atoms with E-state index in [-0.39, 0.29) is 5.91 Å². The molecule has 0 saturated carbocycles. The first kappa shape index (κ1) is 13.4. The van der Waals surface area contributed by atoms with Crippen molar-refractivity contribution >= 4 is 17.2 Å². The summed E-state index contributed by atoms with van der Waals surface area (Å²) in [5.41, 5.74) is 0.719. The molecule has 20 heavy (non-hydrogen) atoms. The Morgan fingerprint density at radius 1 is 1.55 bits per heavy atom. The van der Waals surface area contributed by atoms with Gasteiger partial charge in [-0.3, -0.25) is 4.79 Å². The molecular formula is C15H18N2O2S. The van der Waals surface area contributed by atoms with Crippen LogP contribution in [-0.2, 0) is 11.2 Å². The summed E-state index contributed by atoms with van der Waals surface area (Å²) in [7, 11) is 0. The van der Waals surface area contributed by atoms with Crippen molar-refractivity contribution in [1.82, 2.24) is 10.1 Å². The summed E-state index contributed by atoms with van der Waals surface area (Å²) in [5, 5.41) is 6.01. The van der Waals surface area contributed by atoms with Crippen LogP contribution in [-0.4, -0.2) is 28.6 Å². The molecule has 1 atom stereocenters. The van der Waals surface area contributed by atoms with Gasteiger partial charge in [-0.1, -0.05) is 11.2 Å². The molecule has 0 aromatic carbocycles. The average Bonchev–Trinajstić information content (AvgIpc) is 3.09. The van der Waals surface area contributed by atoms with Crippen LogP contribution in [0.15, 0.2) is 28.1 Å². The van der Waals surface area contributed by atoms with E-state index >= 15 is 0 Å². The predicted molar refractivity (Wildman–Crippen MR) is 78.5 cm³/mol. The molecule has 3 rings (SSSR count). The zero-order valence-electron chi connectivity index (χ0n) is 11.5. The number of carbonyl (C=O) groups is 1. The number of rotatable bonds is 3. The second kappa shape index (κ2) is 5.79. The second-order valence-corrected chi connectivity index (χ2v) is 6.22. The second-order valence-electron chi connectivity index (χ2n) is 5.27. The van der Waals surface area contributed by atoms with Crippen LogP contribution >= 0.6 is 11.3 Å². The maximum absolute atomic E-state index is 12.3. The lowest BCUT2D eigenvalue weighted by atomic mass is 10.0. The third-order valence-electron chi connectivity index (χ3n) is 3.78. The van der Waals surface area contributed by atoms with Gasteiger partial charge < -0.3 is 9.42 Å². The number of thiophene rings is 1. The summed E-state index contributed by atoms with van der Waals surface area (Å²) >= 11 is 1.61. The fourth-order valence-electron chi connectivity index (χ4n) is 2.66. The first-order chi connectivity index (χ1) is 9.74. The number of likely N-dealkylation sites (tertiary alicyclic amines) is 1. The first-order valence-electron chi connectivity index (χ1n) is 7.03. The smallest absolute Gasteiger partial charge is 0.228 e. The summed E-state index contributed by atoms with van der Waals surface area (Å²) in [6, 6.07) is 6.19. The van der Waals surface area contributed by atoms with Gasteiger partial charge in [0, 0.05) is 18.7 Å². The van der Waals surface area contributed by atoms with E-state index in [1.54, 1.807) is 11.3 Å².